The molecule has 0 aliphatic carbocycles. The summed E-state index contributed by atoms with van der Waals surface area (Å²) < 4.78 is 3.86. The van der Waals surface area contributed by atoms with Crippen LogP contribution in [0.1, 0.15) is 5.69 Å². The lowest BCUT2D eigenvalue weighted by molar-refractivity contribution is 0.262. The Morgan fingerprint density at radius 2 is 2.00 bits per heavy atom. The van der Waals surface area contributed by atoms with Crippen LogP contribution in [0.15, 0.2) is 36.5 Å². The van der Waals surface area contributed by atoms with Gasteiger partial charge in [0.2, 0.25) is 0 Å². The zero-order valence-corrected chi connectivity index (χ0v) is 15.1. The van der Waals surface area contributed by atoms with E-state index in [1.165, 1.54) is 0 Å². The Balaban J connectivity index is 1.69. The van der Waals surface area contributed by atoms with Crippen molar-refractivity contribution in [1.82, 2.24) is 19.2 Å². The molecule has 0 aliphatic rings. The average Bonchev–Trinajstić information content (AvgIpc) is 3.07. The van der Waals surface area contributed by atoms with Gasteiger partial charge in [0.05, 0.1) is 5.69 Å². The third kappa shape index (κ3) is 4.00. The second kappa shape index (κ2) is 6.98. The van der Waals surface area contributed by atoms with Gasteiger partial charge in [0.25, 0.3) is 0 Å². The fourth-order valence-corrected chi connectivity index (χ4v) is 2.79. The number of benzene rings is 1. The van der Waals surface area contributed by atoms with Crippen molar-refractivity contribution in [1.29, 1.82) is 0 Å². The van der Waals surface area contributed by atoms with Gasteiger partial charge in [-0.25, -0.2) is 4.79 Å². The van der Waals surface area contributed by atoms with Gasteiger partial charge in [0.1, 0.15) is 5.82 Å². The number of hydrogen-bond acceptors (Lipinski definition) is 3. The number of aromatic nitrogens is 3. The van der Waals surface area contributed by atoms with Crippen LogP contribution in [0.2, 0.25) is 0 Å². The van der Waals surface area contributed by atoms with Gasteiger partial charge in [-0.3, -0.25) is 10.00 Å². The maximum atomic E-state index is 12.2. The highest BCUT2D eigenvalue weighted by atomic mass is 16.2. The minimum atomic E-state index is -0.283. The minimum Gasteiger partial charge on any atom is -0.346 e. The third-order valence-corrected chi connectivity index (χ3v) is 4.06. The summed E-state index contributed by atoms with van der Waals surface area (Å²) in [6.07, 6.45) is 2.08. The second-order valence-electron chi connectivity index (χ2n) is 6.46. The summed E-state index contributed by atoms with van der Waals surface area (Å²) in [5.74, 6) is 0.658. The summed E-state index contributed by atoms with van der Waals surface area (Å²) in [7, 11) is 5.93. The van der Waals surface area contributed by atoms with Gasteiger partial charge in [-0.05, 0) is 45.3 Å². The van der Waals surface area contributed by atoms with Crippen molar-refractivity contribution >= 4 is 28.4 Å². The summed E-state index contributed by atoms with van der Waals surface area (Å²) in [6, 6.07) is 9.55. The predicted molar refractivity (Wildman–Crippen MR) is 101 cm³/mol. The summed E-state index contributed by atoms with van der Waals surface area (Å²) >= 11 is 0. The van der Waals surface area contributed by atoms with Crippen LogP contribution < -0.4 is 10.6 Å². The van der Waals surface area contributed by atoms with Gasteiger partial charge in [0, 0.05) is 49.0 Å². The Morgan fingerprint density at radius 3 is 2.68 bits per heavy atom. The lowest BCUT2D eigenvalue weighted by atomic mass is 10.2. The first kappa shape index (κ1) is 17.0. The Morgan fingerprint density at radius 1 is 1.20 bits per heavy atom. The number of carbonyl (C=O) groups is 1. The molecule has 2 amide bonds. The fourth-order valence-electron chi connectivity index (χ4n) is 2.79. The van der Waals surface area contributed by atoms with Gasteiger partial charge < -0.3 is 14.8 Å². The first-order valence-corrected chi connectivity index (χ1v) is 8.24. The molecule has 0 atom stereocenters. The van der Waals surface area contributed by atoms with E-state index in [4.69, 9.17) is 0 Å². The van der Waals surface area contributed by atoms with E-state index < -0.39 is 0 Å². The summed E-state index contributed by atoms with van der Waals surface area (Å²) in [5.41, 5.74) is 2.78. The molecule has 0 saturated carbocycles. The molecular formula is C18H24N6O. The van der Waals surface area contributed by atoms with Crippen LogP contribution in [0.5, 0.6) is 0 Å². The van der Waals surface area contributed by atoms with Gasteiger partial charge in [-0.15, -0.1) is 0 Å². The molecule has 7 heteroatoms. The Hall–Kier alpha value is -2.80. The molecule has 2 heterocycles. The average molecular weight is 340 g/mol. The number of fused-ring (bicyclic) bond motifs is 1. The lowest BCUT2D eigenvalue weighted by Crippen LogP contribution is -2.21. The molecule has 0 spiro atoms. The topological polar surface area (TPSA) is 67.1 Å². The van der Waals surface area contributed by atoms with Crippen LogP contribution in [0, 0.1) is 6.92 Å². The molecule has 0 saturated heterocycles. The molecule has 132 valence electrons. The molecule has 2 N–H and O–H groups in total. The third-order valence-electron chi connectivity index (χ3n) is 4.06. The molecule has 7 nitrogen and oxygen atoms in total. The minimum absolute atomic E-state index is 0.283. The zero-order chi connectivity index (χ0) is 18.0. The number of aryl methyl sites for hydroxylation is 2. The molecule has 3 aromatic rings. The van der Waals surface area contributed by atoms with Crippen molar-refractivity contribution in [2.24, 2.45) is 7.05 Å². The normalized spacial score (nSPS) is 11.2. The van der Waals surface area contributed by atoms with E-state index in [1.54, 1.807) is 11.7 Å². The van der Waals surface area contributed by atoms with Crippen molar-refractivity contribution in [2.75, 3.05) is 31.3 Å². The standard InChI is InChI=1S/C18H24N6O/c1-13-11-17(23(4)21-13)20-18(25)19-15-5-6-16-14(12-15)7-8-24(16)10-9-22(2)3/h5-8,11-12H,9-10H2,1-4H3,(H2,19,20,25). The first-order valence-electron chi connectivity index (χ1n) is 8.24. The lowest BCUT2D eigenvalue weighted by Gasteiger charge is -2.11. The SMILES string of the molecule is Cc1cc(NC(=O)Nc2ccc3c(ccn3CCN(C)C)c2)n(C)n1. The highest BCUT2D eigenvalue weighted by molar-refractivity contribution is 6.00. The Kier molecular flexibility index (Phi) is 4.76. The zero-order valence-electron chi connectivity index (χ0n) is 15.1. The summed E-state index contributed by atoms with van der Waals surface area (Å²) in [5, 5.41) is 11.0. The van der Waals surface area contributed by atoms with Crippen molar-refractivity contribution in [2.45, 2.75) is 13.5 Å². The van der Waals surface area contributed by atoms with Crippen LogP contribution >= 0.6 is 0 Å². The molecule has 0 radical (unpaired) electrons. The highest BCUT2D eigenvalue weighted by Gasteiger charge is 2.08. The van der Waals surface area contributed by atoms with Crippen molar-refractivity contribution < 1.29 is 4.79 Å². The Labute approximate surface area is 147 Å². The number of likely N-dealkylation sites (N-methyl/N-ethyl adjacent to an activating group) is 1. The van der Waals surface area contributed by atoms with E-state index in [1.807, 2.05) is 31.2 Å². The van der Waals surface area contributed by atoms with E-state index >= 15 is 0 Å². The largest absolute Gasteiger partial charge is 0.346 e. The van der Waals surface area contributed by atoms with Crippen LogP contribution in [0.3, 0.4) is 0 Å². The number of carbonyl (C=O) groups excluding carboxylic acids is 1. The Bertz CT molecular complexity index is 892. The maximum absolute atomic E-state index is 12.2. The molecule has 0 unspecified atom stereocenters. The number of rotatable bonds is 5. The smallest absolute Gasteiger partial charge is 0.324 e. The van der Waals surface area contributed by atoms with E-state index in [9.17, 15) is 4.79 Å². The molecular weight excluding hydrogens is 316 g/mol. The molecule has 0 fully saturated rings. The number of amides is 2. The van der Waals surface area contributed by atoms with Crippen LogP contribution in [0.25, 0.3) is 10.9 Å². The van der Waals surface area contributed by atoms with Crippen molar-refractivity contribution in [3.05, 3.63) is 42.2 Å². The summed E-state index contributed by atoms with van der Waals surface area (Å²) in [6.45, 7) is 3.80. The second-order valence-corrected chi connectivity index (χ2v) is 6.46. The fraction of sp³-hybridized carbons (Fsp3) is 0.333. The number of nitrogens with zero attached hydrogens (tertiary/aromatic N) is 4. The molecule has 1 aromatic carbocycles. The predicted octanol–water partition coefficient (Wildman–Crippen LogP) is 2.89. The van der Waals surface area contributed by atoms with Crippen molar-refractivity contribution in [3.8, 4) is 0 Å². The molecule has 0 bridgehead atoms. The summed E-state index contributed by atoms with van der Waals surface area (Å²) in [4.78, 5) is 14.3. The number of nitrogens with one attached hydrogen (secondary N) is 2. The van der Waals surface area contributed by atoms with E-state index in [-0.39, 0.29) is 6.03 Å². The number of hydrogen-bond donors (Lipinski definition) is 2. The van der Waals surface area contributed by atoms with Crippen LogP contribution in [0.4, 0.5) is 16.3 Å². The van der Waals surface area contributed by atoms with Crippen molar-refractivity contribution in [3.63, 3.8) is 0 Å². The van der Waals surface area contributed by atoms with Crippen LogP contribution in [-0.2, 0) is 13.6 Å². The van der Waals surface area contributed by atoms with E-state index in [0.717, 1.165) is 35.4 Å². The number of urea groups is 1. The van der Waals surface area contributed by atoms with Gasteiger partial charge >= 0.3 is 6.03 Å². The van der Waals surface area contributed by atoms with Gasteiger partial charge in [0.15, 0.2) is 0 Å². The number of anilines is 2. The molecule has 3 rings (SSSR count). The molecule has 0 aliphatic heterocycles. The first-order chi connectivity index (χ1) is 11.9. The van der Waals surface area contributed by atoms with Crippen LogP contribution in [-0.4, -0.2) is 45.9 Å². The highest BCUT2D eigenvalue weighted by Crippen LogP contribution is 2.21. The van der Waals surface area contributed by atoms with Gasteiger partial charge in [-0.1, -0.05) is 0 Å². The van der Waals surface area contributed by atoms with E-state index in [0.29, 0.717) is 5.82 Å². The maximum Gasteiger partial charge on any atom is 0.324 e. The van der Waals surface area contributed by atoms with E-state index in [2.05, 4.69) is 51.6 Å². The molecule has 25 heavy (non-hydrogen) atoms. The van der Waals surface area contributed by atoms with Gasteiger partial charge in [-0.2, -0.15) is 5.10 Å². The monoisotopic (exact) mass is 340 g/mol. The quantitative estimate of drug-likeness (QED) is 0.750. The molecule has 2 aromatic heterocycles.